The molecule has 1 N–H and O–H groups in total. The van der Waals surface area contributed by atoms with Gasteiger partial charge in [0.05, 0.1) is 17.8 Å². The molecule has 7 heteroatoms. The second kappa shape index (κ2) is 9.53. The van der Waals surface area contributed by atoms with Crippen LogP contribution in [0.1, 0.15) is 49.9 Å². The van der Waals surface area contributed by atoms with Gasteiger partial charge in [0.25, 0.3) is 0 Å². The Morgan fingerprint density at radius 2 is 1.69 bits per heavy atom. The van der Waals surface area contributed by atoms with Crippen LogP contribution in [0.25, 0.3) is 0 Å². The molecule has 6 nitrogen and oxygen atoms in total. The molecule has 2 aliphatic heterocycles. The number of hydrogen-bond acceptors (Lipinski definition) is 5. The van der Waals surface area contributed by atoms with Gasteiger partial charge in [-0.15, -0.1) is 12.4 Å². The molecule has 0 aliphatic carbocycles. The van der Waals surface area contributed by atoms with Gasteiger partial charge in [0.2, 0.25) is 0 Å². The summed E-state index contributed by atoms with van der Waals surface area (Å²) in [5.41, 5.74) is 0.231. The average Bonchev–Trinajstić information content (AvgIpc) is 2.63. The Hall–Kier alpha value is -1.37. The van der Waals surface area contributed by atoms with Gasteiger partial charge in [-0.3, -0.25) is 0 Å². The summed E-state index contributed by atoms with van der Waals surface area (Å²) in [5.74, 6) is -0.0802. The summed E-state index contributed by atoms with van der Waals surface area (Å²) < 4.78 is 6.34. The van der Waals surface area contributed by atoms with Gasteiger partial charge >= 0.3 is 5.97 Å². The van der Waals surface area contributed by atoms with Gasteiger partial charge in [0.15, 0.2) is 0 Å². The van der Waals surface area contributed by atoms with Crippen molar-refractivity contribution in [2.24, 2.45) is 0 Å². The van der Waals surface area contributed by atoms with E-state index < -0.39 is 5.97 Å². The van der Waals surface area contributed by atoms with Crippen LogP contribution in [0.4, 0.5) is 5.82 Å². The predicted octanol–water partition coefficient (Wildman–Crippen LogP) is 3.06. The molecule has 0 bridgehead atoms. The zero-order valence-electron chi connectivity index (χ0n) is 15.6. The van der Waals surface area contributed by atoms with E-state index in [1.807, 2.05) is 0 Å². The Labute approximate surface area is 161 Å². The third-order valence-electron chi connectivity index (χ3n) is 5.35. The lowest BCUT2D eigenvalue weighted by molar-refractivity contribution is -0.0540. The molecule has 0 spiro atoms. The van der Waals surface area contributed by atoms with E-state index >= 15 is 0 Å². The zero-order valence-corrected chi connectivity index (χ0v) is 16.5. The van der Waals surface area contributed by atoms with Gasteiger partial charge in [0, 0.05) is 38.4 Å². The number of piperidine rings is 2. The first-order chi connectivity index (χ1) is 12.0. The highest BCUT2D eigenvalue weighted by molar-refractivity contribution is 5.87. The van der Waals surface area contributed by atoms with Gasteiger partial charge < -0.3 is 19.6 Å². The molecule has 0 unspecified atom stereocenters. The monoisotopic (exact) mass is 383 g/mol. The van der Waals surface area contributed by atoms with Gasteiger partial charge in [0.1, 0.15) is 5.82 Å². The van der Waals surface area contributed by atoms with Crippen LogP contribution in [-0.4, -0.2) is 65.4 Å². The molecule has 0 radical (unpaired) electrons. The van der Waals surface area contributed by atoms with E-state index in [1.54, 1.807) is 12.1 Å². The molecule has 1 aromatic rings. The molecule has 0 atom stereocenters. The fraction of sp³-hybridized carbons (Fsp3) is 0.684. The molecule has 3 rings (SSSR count). The van der Waals surface area contributed by atoms with E-state index in [0.717, 1.165) is 57.7 Å². The van der Waals surface area contributed by atoms with E-state index in [1.165, 1.54) is 6.20 Å². The second-order valence-electron chi connectivity index (χ2n) is 7.36. The van der Waals surface area contributed by atoms with Crippen molar-refractivity contribution in [3.05, 3.63) is 23.9 Å². The first kappa shape index (κ1) is 20.9. The number of likely N-dealkylation sites (tertiary alicyclic amines) is 1. The molecule has 2 fully saturated rings. The standard InChI is InChI=1S/C19H29N3O3.ClH/c1-14(2)21-9-5-16(6-10-21)25-17-7-11-22(12-8-17)18-4-3-15(13-20-18)19(23)24;/h3-4,13-14,16-17H,5-12H2,1-2H3,(H,23,24);1H. The lowest BCUT2D eigenvalue weighted by Crippen LogP contribution is -2.44. The van der Waals surface area contributed by atoms with Crippen LogP contribution in [0.5, 0.6) is 0 Å². The molecule has 0 saturated carbocycles. The number of pyridine rings is 1. The van der Waals surface area contributed by atoms with Crippen LogP contribution < -0.4 is 4.90 Å². The molecular weight excluding hydrogens is 354 g/mol. The van der Waals surface area contributed by atoms with Crippen molar-refractivity contribution in [3.8, 4) is 0 Å². The van der Waals surface area contributed by atoms with Crippen LogP contribution in [0.15, 0.2) is 18.3 Å². The summed E-state index contributed by atoms with van der Waals surface area (Å²) in [5, 5.41) is 8.95. The number of carboxylic acid groups (broad SMARTS) is 1. The highest BCUT2D eigenvalue weighted by Gasteiger charge is 2.26. The minimum absolute atomic E-state index is 0. The first-order valence-corrected chi connectivity index (χ1v) is 9.36. The Kier molecular flexibility index (Phi) is 7.68. The van der Waals surface area contributed by atoms with Crippen LogP contribution in [0, 0.1) is 0 Å². The Morgan fingerprint density at radius 1 is 1.12 bits per heavy atom. The highest BCUT2D eigenvalue weighted by atomic mass is 35.5. The fourth-order valence-corrected chi connectivity index (χ4v) is 3.72. The summed E-state index contributed by atoms with van der Waals surface area (Å²) >= 11 is 0. The van der Waals surface area contributed by atoms with Gasteiger partial charge in [-0.1, -0.05) is 0 Å². The Bertz CT molecular complexity index is 566. The summed E-state index contributed by atoms with van der Waals surface area (Å²) in [6.07, 6.45) is 6.46. The topological polar surface area (TPSA) is 65.9 Å². The summed E-state index contributed by atoms with van der Waals surface area (Å²) in [6.45, 7) is 8.62. The largest absolute Gasteiger partial charge is 0.478 e. The van der Waals surface area contributed by atoms with Crippen LogP contribution in [0.2, 0.25) is 0 Å². The number of aromatic nitrogens is 1. The third-order valence-corrected chi connectivity index (χ3v) is 5.35. The van der Waals surface area contributed by atoms with Crippen LogP contribution in [-0.2, 0) is 4.74 Å². The number of anilines is 1. The van der Waals surface area contributed by atoms with Crippen LogP contribution >= 0.6 is 12.4 Å². The van der Waals surface area contributed by atoms with Crippen LogP contribution in [0.3, 0.4) is 0 Å². The number of ether oxygens (including phenoxy) is 1. The number of carbonyl (C=O) groups is 1. The van der Waals surface area contributed by atoms with Crippen molar-refractivity contribution in [1.29, 1.82) is 0 Å². The Balaban J connectivity index is 0.00000243. The van der Waals surface area contributed by atoms with E-state index in [0.29, 0.717) is 18.2 Å². The minimum Gasteiger partial charge on any atom is -0.478 e. The van der Waals surface area contributed by atoms with Crippen molar-refractivity contribution >= 4 is 24.2 Å². The number of halogens is 1. The van der Waals surface area contributed by atoms with Crippen molar-refractivity contribution in [3.63, 3.8) is 0 Å². The molecule has 26 heavy (non-hydrogen) atoms. The second-order valence-corrected chi connectivity index (χ2v) is 7.36. The van der Waals surface area contributed by atoms with E-state index in [4.69, 9.17) is 9.84 Å². The summed E-state index contributed by atoms with van der Waals surface area (Å²) in [7, 11) is 0. The smallest absolute Gasteiger partial charge is 0.337 e. The van der Waals surface area contributed by atoms with Crippen molar-refractivity contribution < 1.29 is 14.6 Å². The van der Waals surface area contributed by atoms with E-state index in [9.17, 15) is 4.79 Å². The van der Waals surface area contributed by atoms with Gasteiger partial charge in [-0.2, -0.15) is 0 Å². The third kappa shape index (κ3) is 5.32. The van der Waals surface area contributed by atoms with Crippen molar-refractivity contribution in [2.45, 2.75) is 57.8 Å². The zero-order chi connectivity index (χ0) is 17.8. The van der Waals surface area contributed by atoms with Gasteiger partial charge in [-0.05, 0) is 51.7 Å². The normalized spacial score (nSPS) is 20.2. The number of aromatic carboxylic acids is 1. The number of nitrogens with zero attached hydrogens (tertiary/aromatic N) is 3. The molecule has 146 valence electrons. The molecule has 0 aromatic carbocycles. The van der Waals surface area contributed by atoms with Crippen molar-refractivity contribution in [1.82, 2.24) is 9.88 Å². The van der Waals surface area contributed by atoms with E-state index in [-0.39, 0.29) is 18.0 Å². The lowest BCUT2D eigenvalue weighted by atomic mass is 10.0. The van der Waals surface area contributed by atoms with Crippen molar-refractivity contribution in [2.75, 3.05) is 31.1 Å². The molecule has 3 heterocycles. The molecule has 0 amide bonds. The maximum Gasteiger partial charge on any atom is 0.337 e. The van der Waals surface area contributed by atoms with Gasteiger partial charge in [-0.25, -0.2) is 9.78 Å². The molecular formula is C19H30ClN3O3. The average molecular weight is 384 g/mol. The maximum absolute atomic E-state index is 10.9. The number of hydrogen-bond donors (Lipinski definition) is 1. The maximum atomic E-state index is 10.9. The molecule has 2 saturated heterocycles. The SMILES string of the molecule is CC(C)N1CCC(OC2CCN(c3ccc(C(=O)O)cn3)CC2)CC1.Cl. The lowest BCUT2D eigenvalue weighted by Gasteiger charge is -2.38. The molecule has 1 aromatic heterocycles. The summed E-state index contributed by atoms with van der Waals surface area (Å²) in [4.78, 5) is 19.9. The highest BCUT2D eigenvalue weighted by Crippen LogP contribution is 2.24. The quantitative estimate of drug-likeness (QED) is 0.842. The molecule has 2 aliphatic rings. The number of carboxylic acids is 1. The first-order valence-electron chi connectivity index (χ1n) is 9.36. The van der Waals surface area contributed by atoms with E-state index in [2.05, 4.69) is 28.6 Å². The fourth-order valence-electron chi connectivity index (χ4n) is 3.72. The minimum atomic E-state index is -0.935. The predicted molar refractivity (Wildman–Crippen MR) is 104 cm³/mol. The summed E-state index contributed by atoms with van der Waals surface area (Å²) in [6, 6.07) is 4.05. The Morgan fingerprint density at radius 3 is 2.15 bits per heavy atom. The number of rotatable bonds is 5.